The summed E-state index contributed by atoms with van der Waals surface area (Å²) in [5.41, 5.74) is 1.54. The minimum absolute atomic E-state index is 0.115. The summed E-state index contributed by atoms with van der Waals surface area (Å²) in [4.78, 5) is 27.6. The number of rotatable bonds is 5. The molecule has 0 N–H and O–H groups in total. The fourth-order valence-corrected chi connectivity index (χ4v) is 1.99. The Morgan fingerprint density at radius 1 is 1.17 bits per heavy atom. The number of oxazole rings is 1. The number of aromatic nitrogens is 1. The normalized spacial score (nSPS) is 11.2. The lowest BCUT2D eigenvalue weighted by Crippen LogP contribution is -2.11. The molecule has 120 valence electrons. The van der Waals surface area contributed by atoms with Gasteiger partial charge in [-0.3, -0.25) is 0 Å². The Kier molecular flexibility index (Phi) is 5.30. The van der Waals surface area contributed by atoms with Gasteiger partial charge in [0.1, 0.15) is 5.76 Å². The number of ether oxygens (including phenoxy) is 2. The molecule has 0 radical (unpaired) electrons. The predicted octanol–water partition coefficient (Wildman–Crippen LogP) is 2.46. The van der Waals surface area contributed by atoms with Crippen LogP contribution in [-0.2, 0) is 25.5 Å². The molecule has 1 aromatic carbocycles. The zero-order chi connectivity index (χ0) is 16.8. The summed E-state index contributed by atoms with van der Waals surface area (Å²) in [6.45, 7) is 1.75. The monoisotopic (exact) mass is 315 g/mol. The number of nitrogens with zero attached hydrogens (tertiary/aromatic N) is 1. The van der Waals surface area contributed by atoms with Gasteiger partial charge in [-0.2, -0.15) is 0 Å². The van der Waals surface area contributed by atoms with Gasteiger partial charge in [0, 0.05) is 18.1 Å². The van der Waals surface area contributed by atoms with Crippen molar-refractivity contribution in [2.75, 3.05) is 14.2 Å². The van der Waals surface area contributed by atoms with E-state index in [0.717, 1.165) is 11.6 Å². The van der Waals surface area contributed by atoms with Crippen molar-refractivity contribution < 1.29 is 23.5 Å². The van der Waals surface area contributed by atoms with Gasteiger partial charge in [0.25, 0.3) is 0 Å². The Hall–Kier alpha value is -2.89. The maximum atomic E-state index is 11.8. The molecule has 0 unspecified atom stereocenters. The number of methoxy groups -OCH3 is 2. The van der Waals surface area contributed by atoms with E-state index in [4.69, 9.17) is 4.42 Å². The summed E-state index contributed by atoms with van der Waals surface area (Å²) in [5.74, 6) is -0.210. The van der Waals surface area contributed by atoms with Crippen LogP contribution >= 0.6 is 0 Å². The molecule has 0 bridgehead atoms. The number of hydrogen-bond acceptors (Lipinski definition) is 6. The molecule has 0 spiro atoms. The highest BCUT2D eigenvalue weighted by Gasteiger charge is 2.18. The summed E-state index contributed by atoms with van der Waals surface area (Å²) in [5, 5.41) is 0. The van der Waals surface area contributed by atoms with Crippen molar-refractivity contribution >= 4 is 11.9 Å². The van der Waals surface area contributed by atoms with Gasteiger partial charge in [-0.15, -0.1) is 0 Å². The Morgan fingerprint density at radius 2 is 1.87 bits per heavy atom. The van der Waals surface area contributed by atoms with E-state index in [1.165, 1.54) is 14.2 Å². The summed E-state index contributed by atoms with van der Waals surface area (Å²) in [7, 11) is 2.49. The second-order valence-corrected chi connectivity index (χ2v) is 4.75. The molecule has 1 aromatic heterocycles. The van der Waals surface area contributed by atoms with E-state index in [1.54, 1.807) is 6.92 Å². The third kappa shape index (κ3) is 4.06. The minimum atomic E-state index is -0.630. The third-order valence-electron chi connectivity index (χ3n) is 3.21. The Bertz CT molecular complexity index is 731. The van der Waals surface area contributed by atoms with Crippen LogP contribution in [0.5, 0.6) is 0 Å². The van der Waals surface area contributed by atoms with Gasteiger partial charge in [-0.1, -0.05) is 18.2 Å². The van der Waals surface area contributed by atoms with Crippen molar-refractivity contribution in [3.8, 4) is 11.5 Å². The van der Waals surface area contributed by atoms with Crippen molar-refractivity contribution in [2.45, 2.75) is 13.3 Å². The SMILES string of the molecule is COC(=O)C=C(Cc1nc(-c2ccccc2)oc1C)C(=O)OC. The number of hydrogen-bond donors (Lipinski definition) is 0. The first-order valence-electron chi connectivity index (χ1n) is 6.93. The molecule has 0 saturated carbocycles. The quantitative estimate of drug-likeness (QED) is 0.623. The number of aryl methyl sites for hydroxylation is 1. The molecule has 1 heterocycles. The van der Waals surface area contributed by atoms with Crippen LogP contribution in [0.4, 0.5) is 0 Å². The van der Waals surface area contributed by atoms with Crippen LogP contribution < -0.4 is 0 Å². The highest BCUT2D eigenvalue weighted by atomic mass is 16.5. The van der Waals surface area contributed by atoms with Crippen molar-refractivity contribution in [1.82, 2.24) is 4.98 Å². The molecule has 0 amide bonds. The first-order valence-corrected chi connectivity index (χ1v) is 6.93. The molecule has 2 aromatic rings. The van der Waals surface area contributed by atoms with E-state index in [2.05, 4.69) is 14.5 Å². The van der Waals surface area contributed by atoms with E-state index in [0.29, 0.717) is 17.3 Å². The Morgan fingerprint density at radius 3 is 2.48 bits per heavy atom. The number of benzene rings is 1. The largest absolute Gasteiger partial charge is 0.466 e. The lowest BCUT2D eigenvalue weighted by Gasteiger charge is -2.03. The van der Waals surface area contributed by atoms with Crippen LogP contribution in [-0.4, -0.2) is 31.1 Å². The topological polar surface area (TPSA) is 78.6 Å². The van der Waals surface area contributed by atoms with Gasteiger partial charge < -0.3 is 13.9 Å². The van der Waals surface area contributed by atoms with E-state index >= 15 is 0 Å². The molecule has 23 heavy (non-hydrogen) atoms. The van der Waals surface area contributed by atoms with E-state index in [1.807, 2.05) is 30.3 Å². The average Bonchev–Trinajstić information content (AvgIpc) is 2.95. The van der Waals surface area contributed by atoms with Crippen LogP contribution in [0.3, 0.4) is 0 Å². The van der Waals surface area contributed by atoms with E-state index < -0.39 is 11.9 Å². The van der Waals surface area contributed by atoms with E-state index in [9.17, 15) is 9.59 Å². The summed E-state index contributed by atoms with van der Waals surface area (Å²) < 4.78 is 14.9. The first-order chi connectivity index (χ1) is 11.0. The molecule has 0 atom stereocenters. The first kappa shape index (κ1) is 16.5. The van der Waals surface area contributed by atoms with Gasteiger partial charge >= 0.3 is 11.9 Å². The molecule has 0 aliphatic carbocycles. The molecule has 6 heteroatoms. The molecule has 2 rings (SSSR count). The van der Waals surface area contributed by atoms with Crippen LogP contribution in [0.15, 0.2) is 46.4 Å². The summed E-state index contributed by atoms with van der Waals surface area (Å²) >= 11 is 0. The Balaban J connectivity index is 2.31. The van der Waals surface area contributed by atoms with Crippen molar-refractivity contribution in [2.24, 2.45) is 0 Å². The number of esters is 2. The molecule has 0 saturated heterocycles. The number of carbonyl (C=O) groups excluding carboxylic acids is 2. The zero-order valence-electron chi connectivity index (χ0n) is 13.2. The van der Waals surface area contributed by atoms with Crippen LogP contribution in [0.25, 0.3) is 11.5 Å². The predicted molar refractivity (Wildman–Crippen MR) is 82.5 cm³/mol. The second-order valence-electron chi connectivity index (χ2n) is 4.75. The molecular formula is C17H17NO5. The fourth-order valence-electron chi connectivity index (χ4n) is 1.99. The maximum absolute atomic E-state index is 11.8. The smallest absolute Gasteiger partial charge is 0.334 e. The van der Waals surface area contributed by atoms with Gasteiger partial charge in [-0.25, -0.2) is 14.6 Å². The number of carbonyl (C=O) groups is 2. The lowest BCUT2D eigenvalue weighted by atomic mass is 10.1. The zero-order valence-corrected chi connectivity index (χ0v) is 13.2. The van der Waals surface area contributed by atoms with Crippen LogP contribution in [0, 0.1) is 6.92 Å². The Labute approximate surface area is 133 Å². The highest BCUT2D eigenvalue weighted by molar-refractivity contribution is 5.96. The summed E-state index contributed by atoms with van der Waals surface area (Å²) in [6, 6.07) is 9.41. The molecular weight excluding hydrogens is 298 g/mol. The second kappa shape index (κ2) is 7.40. The van der Waals surface area contributed by atoms with Crippen molar-refractivity contribution in [3.63, 3.8) is 0 Å². The summed E-state index contributed by atoms with van der Waals surface area (Å²) in [6.07, 6.45) is 1.21. The van der Waals surface area contributed by atoms with Crippen molar-refractivity contribution in [1.29, 1.82) is 0 Å². The maximum Gasteiger partial charge on any atom is 0.334 e. The fraction of sp³-hybridized carbons (Fsp3) is 0.235. The van der Waals surface area contributed by atoms with Gasteiger partial charge in [0.05, 0.1) is 25.5 Å². The minimum Gasteiger partial charge on any atom is -0.466 e. The van der Waals surface area contributed by atoms with Crippen molar-refractivity contribution in [3.05, 3.63) is 53.4 Å². The van der Waals surface area contributed by atoms with Gasteiger partial charge in [-0.05, 0) is 19.1 Å². The average molecular weight is 315 g/mol. The van der Waals surface area contributed by atoms with Crippen LogP contribution in [0.1, 0.15) is 11.5 Å². The van der Waals surface area contributed by atoms with Gasteiger partial charge in [0.2, 0.25) is 5.89 Å². The van der Waals surface area contributed by atoms with Gasteiger partial charge in [0.15, 0.2) is 0 Å². The molecule has 0 aliphatic heterocycles. The molecule has 0 aliphatic rings. The molecule has 6 nitrogen and oxygen atoms in total. The lowest BCUT2D eigenvalue weighted by molar-refractivity contribution is -0.138. The molecule has 0 fully saturated rings. The van der Waals surface area contributed by atoms with Crippen LogP contribution in [0.2, 0.25) is 0 Å². The third-order valence-corrected chi connectivity index (χ3v) is 3.21. The standard InChI is InChI=1S/C17H17NO5/c1-11-14(9-13(17(20)22-3)10-15(19)21-2)18-16(23-11)12-7-5-4-6-8-12/h4-8,10H,9H2,1-3H3. The van der Waals surface area contributed by atoms with E-state index in [-0.39, 0.29) is 12.0 Å². The highest BCUT2D eigenvalue weighted by Crippen LogP contribution is 2.23.